The largest absolute Gasteiger partial charge is 0.349 e. The highest BCUT2D eigenvalue weighted by atomic mass is 35.5. The molecule has 0 spiro atoms. The molecule has 1 aromatic carbocycles. The summed E-state index contributed by atoms with van der Waals surface area (Å²) in [5.41, 5.74) is 3.59. The van der Waals surface area contributed by atoms with Gasteiger partial charge in [0.15, 0.2) is 0 Å². The minimum absolute atomic E-state index is 0.0410. The third-order valence-electron chi connectivity index (χ3n) is 6.08. The summed E-state index contributed by atoms with van der Waals surface area (Å²) in [6.45, 7) is 3.63. The molecule has 7 nitrogen and oxygen atoms in total. The molecule has 1 saturated heterocycles. The molecule has 8 heteroatoms. The number of rotatable bonds is 5. The van der Waals surface area contributed by atoms with Crippen molar-refractivity contribution in [2.24, 2.45) is 0 Å². The highest BCUT2D eigenvalue weighted by molar-refractivity contribution is 6.31. The molecule has 0 unspecified atom stereocenters. The van der Waals surface area contributed by atoms with E-state index >= 15 is 0 Å². The van der Waals surface area contributed by atoms with Crippen LogP contribution in [0.4, 0.5) is 5.95 Å². The van der Waals surface area contributed by atoms with Crippen LogP contribution in [-0.2, 0) is 0 Å². The summed E-state index contributed by atoms with van der Waals surface area (Å²) in [7, 11) is 0. The van der Waals surface area contributed by atoms with Crippen molar-refractivity contribution < 1.29 is 4.79 Å². The SMILES string of the molecule is Cc1ccc(-n2ncc(C(=O)NC3CCN(c4ncccn4)CC3)c2C2CC2)cc1Cl. The molecule has 2 aromatic heterocycles. The molecule has 2 fully saturated rings. The molecule has 1 amide bonds. The van der Waals surface area contributed by atoms with Crippen molar-refractivity contribution in [2.45, 2.75) is 44.6 Å². The summed E-state index contributed by atoms with van der Waals surface area (Å²) in [5, 5.41) is 8.49. The van der Waals surface area contributed by atoms with Gasteiger partial charge in [-0.3, -0.25) is 4.79 Å². The van der Waals surface area contributed by atoms with Crippen LogP contribution in [0, 0.1) is 6.92 Å². The number of hydrogen-bond donors (Lipinski definition) is 1. The number of nitrogens with zero attached hydrogens (tertiary/aromatic N) is 5. The first-order valence-electron chi connectivity index (χ1n) is 10.8. The molecular weight excluding hydrogens is 412 g/mol. The maximum absolute atomic E-state index is 13.2. The molecule has 5 rings (SSSR count). The van der Waals surface area contributed by atoms with Gasteiger partial charge in [-0.1, -0.05) is 17.7 Å². The lowest BCUT2D eigenvalue weighted by molar-refractivity contribution is 0.0930. The predicted molar refractivity (Wildman–Crippen MR) is 120 cm³/mol. The Hall–Kier alpha value is -2.93. The van der Waals surface area contributed by atoms with Crippen molar-refractivity contribution in [3.63, 3.8) is 0 Å². The van der Waals surface area contributed by atoms with Crippen molar-refractivity contribution in [2.75, 3.05) is 18.0 Å². The van der Waals surface area contributed by atoms with Gasteiger partial charge in [0.05, 0.1) is 23.1 Å². The van der Waals surface area contributed by atoms with Gasteiger partial charge in [-0.05, 0) is 56.4 Å². The number of aromatic nitrogens is 4. The first-order chi connectivity index (χ1) is 15.1. The third-order valence-corrected chi connectivity index (χ3v) is 6.49. The van der Waals surface area contributed by atoms with E-state index in [1.54, 1.807) is 18.6 Å². The van der Waals surface area contributed by atoms with E-state index in [9.17, 15) is 4.79 Å². The van der Waals surface area contributed by atoms with Gasteiger partial charge < -0.3 is 10.2 Å². The number of nitrogens with one attached hydrogen (secondary N) is 1. The molecule has 3 aromatic rings. The zero-order valence-electron chi connectivity index (χ0n) is 17.5. The molecule has 0 bridgehead atoms. The van der Waals surface area contributed by atoms with Gasteiger partial charge in [0.1, 0.15) is 0 Å². The van der Waals surface area contributed by atoms with Crippen LogP contribution < -0.4 is 10.2 Å². The van der Waals surface area contributed by atoms with E-state index < -0.39 is 0 Å². The van der Waals surface area contributed by atoms with Gasteiger partial charge in [0.2, 0.25) is 5.95 Å². The van der Waals surface area contributed by atoms with Crippen LogP contribution in [-0.4, -0.2) is 44.8 Å². The molecule has 1 aliphatic heterocycles. The van der Waals surface area contributed by atoms with Crippen molar-refractivity contribution in [1.29, 1.82) is 0 Å². The number of carbonyl (C=O) groups excluding carboxylic acids is 1. The summed E-state index contributed by atoms with van der Waals surface area (Å²) in [4.78, 5) is 24.0. The fraction of sp³-hybridized carbons (Fsp3) is 0.391. The molecule has 0 radical (unpaired) electrons. The number of aryl methyl sites for hydroxylation is 1. The molecule has 3 heterocycles. The van der Waals surface area contributed by atoms with Gasteiger partial charge in [0, 0.05) is 42.5 Å². The molecule has 0 atom stereocenters. The number of anilines is 1. The highest BCUT2D eigenvalue weighted by Gasteiger charge is 2.34. The number of carbonyl (C=O) groups is 1. The topological polar surface area (TPSA) is 75.9 Å². The fourth-order valence-electron chi connectivity index (χ4n) is 4.14. The number of halogens is 1. The zero-order valence-corrected chi connectivity index (χ0v) is 18.2. The van der Waals surface area contributed by atoms with E-state index in [1.165, 1.54) is 0 Å². The summed E-state index contributed by atoms with van der Waals surface area (Å²) < 4.78 is 1.88. The Bertz CT molecular complexity index is 1090. The molecule has 160 valence electrons. The minimum atomic E-state index is -0.0410. The Morgan fingerprint density at radius 3 is 2.55 bits per heavy atom. The summed E-state index contributed by atoms with van der Waals surface area (Å²) in [5.74, 6) is 1.09. The van der Waals surface area contributed by atoms with E-state index in [-0.39, 0.29) is 11.9 Å². The predicted octanol–water partition coefficient (Wildman–Crippen LogP) is 3.90. The standard InChI is InChI=1S/C23H25ClN6O/c1-15-3-6-18(13-20(15)24)30-21(16-4-5-16)19(14-27-30)22(31)28-17-7-11-29(12-8-17)23-25-9-2-10-26-23/h2-3,6,9-10,13-14,16-17H,4-5,7-8,11-12H2,1H3,(H,28,31). The second-order valence-corrected chi connectivity index (χ2v) is 8.75. The van der Waals surface area contributed by atoms with Crippen LogP contribution in [0.15, 0.2) is 42.9 Å². The van der Waals surface area contributed by atoms with Gasteiger partial charge in [-0.15, -0.1) is 0 Å². The number of amides is 1. The Labute approximate surface area is 186 Å². The molecule has 2 aliphatic rings. The Balaban J connectivity index is 1.30. The van der Waals surface area contributed by atoms with E-state index in [1.807, 2.05) is 35.9 Å². The lowest BCUT2D eigenvalue weighted by atomic mass is 10.0. The van der Waals surface area contributed by atoms with Gasteiger partial charge >= 0.3 is 0 Å². The van der Waals surface area contributed by atoms with E-state index in [0.717, 1.165) is 61.7 Å². The molecule has 31 heavy (non-hydrogen) atoms. The Morgan fingerprint density at radius 2 is 1.87 bits per heavy atom. The van der Waals surface area contributed by atoms with Crippen molar-refractivity contribution >= 4 is 23.5 Å². The number of benzene rings is 1. The second-order valence-electron chi connectivity index (χ2n) is 8.35. The average molecular weight is 437 g/mol. The van der Waals surface area contributed by atoms with Gasteiger partial charge in [-0.2, -0.15) is 5.10 Å². The molecule has 1 saturated carbocycles. The number of hydrogen-bond acceptors (Lipinski definition) is 5. The lowest BCUT2D eigenvalue weighted by Crippen LogP contribution is -2.45. The Kier molecular flexibility index (Phi) is 5.36. The average Bonchev–Trinajstić information content (AvgIpc) is 3.54. The first-order valence-corrected chi connectivity index (χ1v) is 11.1. The lowest BCUT2D eigenvalue weighted by Gasteiger charge is -2.32. The van der Waals surface area contributed by atoms with Gasteiger partial charge in [0.25, 0.3) is 5.91 Å². The maximum atomic E-state index is 13.2. The minimum Gasteiger partial charge on any atom is -0.349 e. The van der Waals surface area contributed by atoms with E-state index in [0.29, 0.717) is 16.5 Å². The highest BCUT2D eigenvalue weighted by Crippen LogP contribution is 2.42. The summed E-state index contributed by atoms with van der Waals surface area (Å²) >= 11 is 6.33. The van der Waals surface area contributed by atoms with Crippen LogP contribution in [0.1, 0.15) is 53.2 Å². The number of piperidine rings is 1. The van der Waals surface area contributed by atoms with Crippen LogP contribution in [0.5, 0.6) is 0 Å². The van der Waals surface area contributed by atoms with E-state index in [2.05, 4.69) is 25.3 Å². The van der Waals surface area contributed by atoms with Crippen LogP contribution in [0.3, 0.4) is 0 Å². The first kappa shape index (κ1) is 20.0. The monoisotopic (exact) mass is 436 g/mol. The summed E-state index contributed by atoms with van der Waals surface area (Å²) in [6, 6.07) is 7.86. The smallest absolute Gasteiger partial charge is 0.255 e. The van der Waals surface area contributed by atoms with Crippen molar-refractivity contribution in [1.82, 2.24) is 25.1 Å². The van der Waals surface area contributed by atoms with Crippen molar-refractivity contribution in [3.05, 3.63) is 64.7 Å². The van der Waals surface area contributed by atoms with Crippen molar-refractivity contribution in [3.8, 4) is 5.69 Å². The maximum Gasteiger partial charge on any atom is 0.255 e. The fourth-order valence-corrected chi connectivity index (χ4v) is 4.32. The van der Waals surface area contributed by atoms with Gasteiger partial charge in [-0.25, -0.2) is 14.6 Å². The normalized spacial score (nSPS) is 17.0. The van der Waals surface area contributed by atoms with Crippen LogP contribution in [0.2, 0.25) is 5.02 Å². The Morgan fingerprint density at radius 1 is 1.13 bits per heavy atom. The quantitative estimate of drug-likeness (QED) is 0.656. The third kappa shape index (κ3) is 4.14. The molecular formula is C23H25ClN6O. The molecule has 1 aliphatic carbocycles. The van der Waals surface area contributed by atoms with Crippen LogP contribution in [0.25, 0.3) is 5.69 Å². The van der Waals surface area contributed by atoms with E-state index in [4.69, 9.17) is 11.6 Å². The second kappa shape index (κ2) is 8.30. The summed E-state index contributed by atoms with van der Waals surface area (Å²) in [6.07, 6.45) is 9.11. The van der Waals surface area contributed by atoms with Crippen LogP contribution >= 0.6 is 11.6 Å². The molecule has 1 N–H and O–H groups in total. The zero-order chi connectivity index (χ0) is 21.4.